The lowest BCUT2D eigenvalue weighted by Crippen LogP contribution is -2.01. The molecule has 1 aromatic rings. The van der Waals surface area contributed by atoms with Gasteiger partial charge in [-0.1, -0.05) is 5.92 Å². The molecule has 0 radical (unpaired) electrons. The molecule has 0 saturated carbocycles. The third-order valence-electron chi connectivity index (χ3n) is 1.67. The molecule has 14 heavy (non-hydrogen) atoms. The largest absolute Gasteiger partial charge is 0.507 e. The van der Waals surface area contributed by atoms with E-state index in [1.807, 2.05) is 0 Å². The fourth-order valence-electron chi connectivity index (χ4n) is 1.04. The fraction of sp³-hybridized carbons (Fsp3) is 0.182. The molecule has 0 unspecified atom stereocenters. The molecule has 1 N–H and O–H groups in total. The van der Waals surface area contributed by atoms with Crippen LogP contribution in [0.3, 0.4) is 0 Å². The summed E-state index contributed by atoms with van der Waals surface area (Å²) in [5.41, 5.74) is 0.812. The number of ether oxygens (including phenoxy) is 1. The molecule has 3 heteroatoms. The van der Waals surface area contributed by atoms with E-state index in [1.165, 1.54) is 19.2 Å². The summed E-state index contributed by atoms with van der Waals surface area (Å²) in [6.45, 7) is 1.70. The molecule has 0 fully saturated rings. The van der Waals surface area contributed by atoms with Crippen molar-refractivity contribution in [3.05, 3.63) is 29.3 Å². The average Bonchev–Trinajstić information content (AvgIpc) is 2.17. The molecule has 0 aromatic heterocycles. The summed E-state index contributed by atoms with van der Waals surface area (Å²) in [5.74, 6) is 4.80. The molecular formula is C11H10O3. The van der Waals surface area contributed by atoms with Gasteiger partial charge in [0.15, 0.2) is 0 Å². The second-order valence-corrected chi connectivity index (χ2v) is 2.60. The number of benzene rings is 1. The molecule has 0 spiro atoms. The van der Waals surface area contributed by atoms with Crippen LogP contribution in [0.5, 0.6) is 5.75 Å². The number of methoxy groups -OCH3 is 1. The van der Waals surface area contributed by atoms with Gasteiger partial charge in [0.05, 0.1) is 7.11 Å². The summed E-state index contributed by atoms with van der Waals surface area (Å²) in [5, 5.41) is 9.45. The van der Waals surface area contributed by atoms with Gasteiger partial charge in [0.25, 0.3) is 0 Å². The zero-order chi connectivity index (χ0) is 10.6. The number of hydrogen-bond donors (Lipinski definition) is 1. The molecule has 0 saturated heterocycles. The van der Waals surface area contributed by atoms with E-state index in [9.17, 15) is 9.90 Å². The number of carbonyl (C=O) groups excluding carboxylic acids is 1. The van der Waals surface area contributed by atoms with Crippen LogP contribution in [0.1, 0.15) is 22.8 Å². The van der Waals surface area contributed by atoms with Gasteiger partial charge < -0.3 is 9.84 Å². The Morgan fingerprint density at radius 3 is 2.71 bits per heavy atom. The maximum absolute atomic E-state index is 11.1. The van der Waals surface area contributed by atoms with Crippen molar-refractivity contribution in [3.8, 4) is 17.6 Å². The fourth-order valence-corrected chi connectivity index (χ4v) is 1.04. The topological polar surface area (TPSA) is 46.5 Å². The van der Waals surface area contributed by atoms with Gasteiger partial charge in [-0.15, -0.1) is 5.92 Å². The molecule has 3 nitrogen and oxygen atoms in total. The molecule has 0 atom stereocenters. The number of phenolic OH excluding ortho intramolecular Hbond substituents is 1. The Kier molecular flexibility index (Phi) is 3.14. The highest BCUT2D eigenvalue weighted by atomic mass is 16.5. The van der Waals surface area contributed by atoms with Crippen LogP contribution in [0.4, 0.5) is 0 Å². The highest BCUT2D eigenvalue weighted by molar-refractivity contribution is 5.92. The second-order valence-electron chi connectivity index (χ2n) is 2.60. The smallest absolute Gasteiger partial charge is 0.341 e. The third-order valence-corrected chi connectivity index (χ3v) is 1.67. The van der Waals surface area contributed by atoms with Crippen LogP contribution in [-0.2, 0) is 4.74 Å². The van der Waals surface area contributed by atoms with Crippen molar-refractivity contribution in [1.29, 1.82) is 0 Å². The normalized spacial score (nSPS) is 8.71. The molecule has 1 aromatic carbocycles. The van der Waals surface area contributed by atoms with Crippen molar-refractivity contribution < 1.29 is 14.6 Å². The summed E-state index contributed by atoms with van der Waals surface area (Å²) in [6, 6.07) is 4.58. The maximum atomic E-state index is 11.1. The van der Waals surface area contributed by atoms with E-state index < -0.39 is 5.97 Å². The van der Waals surface area contributed by atoms with Crippen molar-refractivity contribution in [1.82, 2.24) is 0 Å². The van der Waals surface area contributed by atoms with E-state index in [4.69, 9.17) is 0 Å². The summed E-state index contributed by atoms with van der Waals surface area (Å²) < 4.78 is 4.48. The number of rotatable bonds is 1. The summed E-state index contributed by atoms with van der Waals surface area (Å²) in [7, 11) is 1.27. The van der Waals surface area contributed by atoms with Crippen molar-refractivity contribution in [3.63, 3.8) is 0 Å². The lowest BCUT2D eigenvalue weighted by atomic mass is 10.1. The van der Waals surface area contributed by atoms with Crippen LogP contribution < -0.4 is 0 Å². The highest BCUT2D eigenvalue weighted by Crippen LogP contribution is 2.18. The molecule has 0 aliphatic carbocycles. The van der Waals surface area contributed by atoms with Crippen molar-refractivity contribution in [2.45, 2.75) is 6.92 Å². The lowest BCUT2D eigenvalue weighted by Gasteiger charge is -2.02. The molecular weight excluding hydrogens is 180 g/mol. The molecule has 0 aliphatic heterocycles. The Morgan fingerprint density at radius 1 is 1.50 bits per heavy atom. The van der Waals surface area contributed by atoms with Crippen LogP contribution in [0.2, 0.25) is 0 Å². The van der Waals surface area contributed by atoms with Crippen molar-refractivity contribution in [2.24, 2.45) is 0 Å². The van der Waals surface area contributed by atoms with Crippen LogP contribution in [0.15, 0.2) is 18.2 Å². The SMILES string of the molecule is CC#Cc1ccc(C(=O)OC)c(O)c1. The number of phenols is 1. The van der Waals surface area contributed by atoms with Gasteiger partial charge in [0, 0.05) is 5.56 Å². The third kappa shape index (κ3) is 2.05. The monoisotopic (exact) mass is 190 g/mol. The van der Waals surface area contributed by atoms with E-state index in [0.29, 0.717) is 5.56 Å². The highest BCUT2D eigenvalue weighted by Gasteiger charge is 2.10. The molecule has 0 aliphatic rings. The minimum atomic E-state index is -0.557. The van der Waals surface area contributed by atoms with Crippen LogP contribution in [0, 0.1) is 11.8 Å². The van der Waals surface area contributed by atoms with Gasteiger partial charge in [-0.2, -0.15) is 0 Å². The predicted molar refractivity (Wildman–Crippen MR) is 52.0 cm³/mol. The maximum Gasteiger partial charge on any atom is 0.341 e. The van der Waals surface area contributed by atoms with Gasteiger partial charge in [0.2, 0.25) is 0 Å². The summed E-state index contributed by atoms with van der Waals surface area (Å²) in [6.07, 6.45) is 0. The minimum Gasteiger partial charge on any atom is -0.507 e. The van der Waals surface area contributed by atoms with E-state index in [2.05, 4.69) is 16.6 Å². The zero-order valence-electron chi connectivity index (χ0n) is 8.00. The second kappa shape index (κ2) is 4.33. The van der Waals surface area contributed by atoms with Crippen LogP contribution in [0.25, 0.3) is 0 Å². The van der Waals surface area contributed by atoms with Crippen molar-refractivity contribution >= 4 is 5.97 Å². The zero-order valence-corrected chi connectivity index (χ0v) is 8.00. The van der Waals surface area contributed by atoms with E-state index in [-0.39, 0.29) is 11.3 Å². The van der Waals surface area contributed by atoms with Gasteiger partial charge in [0.1, 0.15) is 11.3 Å². The van der Waals surface area contributed by atoms with Gasteiger partial charge >= 0.3 is 5.97 Å². The first kappa shape index (κ1) is 10.1. The first-order valence-electron chi connectivity index (χ1n) is 4.03. The van der Waals surface area contributed by atoms with Crippen LogP contribution in [-0.4, -0.2) is 18.2 Å². The molecule has 0 amide bonds. The number of carbonyl (C=O) groups is 1. The lowest BCUT2D eigenvalue weighted by molar-refractivity contribution is 0.0597. The Bertz CT molecular complexity index is 410. The standard InChI is InChI=1S/C11H10O3/c1-3-4-8-5-6-9(10(12)7-8)11(13)14-2/h5-7,12H,1-2H3. The number of hydrogen-bond acceptors (Lipinski definition) is 3. The summed E-state index contributed by atoms with van der Waals surface area (Å²) >= 11 is 0. The van der Waals surface area contributed by atoms with Crippen molar-refractivity contribution in [2.75, 3.05) is 7.11 Å². The minimum absolute atomic E-state index is 0.114. The Hall–Kier alpha value is -1.95. The van der Waals surface area contributed by atoms with Crippen LogP contribution >= 0.6 is 0 Å². The first-order chi connectivity index (χ1) is 6.69. The van der Waals surface area contributed by atoms with Gasteiger partial charge in [-0.05, 0) is 25.1 Å². The number of esters is 1. The molecule has 72 valence electrons. The average molecular weight is 190 g/mol. The predicted octanol–water partition coefficient (Wildman–Crippen LogP) is 1.55. The van der Waals surface area contributed by atoms with E-state index >= 15 is 0 Å². The van der Waals surface area contributed by atoms with E-state index in [1.54, 1.807) is 13.0 Å². The number of aromatic hydroxyl groups is 1. The van der Waals surface area contributed by atoms with Gasteiger partial charge in [-0.25, -0.2) is 4.79 Å². The Morgan fingerprint density at radius 2 is 2.21 bits per heavy atom. The molecule has 1 rings (SSSR count). The molecule has 0 bridgehead atoms. The quantitative estimate of drug-likeness (QED) is 0.540. The van der Waals surface area contributed by atoms with E-state index in [0.717, 1.165) is 0 Å². The summed E-state index contributed by atoms with van der Waals surface area (Å²) in [4.78, 5) is 11.1. The molecule has 0 heterocycles. The first-order valence-corrected chi connectivity index (χ1v) is 4.03. The Balaban J connectivity index is 3.11. The van der Waals surface area contributed by atoms with Gasteiger partial charge in [-0.3, -0.25) is 0 Å². The Labute approximate surface area is 82.3 Å².